The topological polar surface area (TPSA) is 32.7 Å². The minimum Gasteiger partial charge on any atom is -0.388 e. The maximum absolute atomic E-state index is 9.79. The second-order valence-electron chi connectivity index (χ2n) is 5.16. The molecule has 3 heteroatoms. The molecular formula is C16H25NO2. The Labute approximate surface area is 116 Å². The predicted octanol–water partition coefficient (Wildman–Crippen LogP) is 3.14. The van der Waals surface area contributed by atoms with Crippen molar-refractivity contribution in [2.75, 3.05) is 24.6 Å². The summed E-state index contributed by atoms with van der Waals surface area (Å²) in [7, 11) is 0. The quantitative estimate of drug-likeness (QED) is 0.886. The summed E-state index contributed by atoms with van der Waals surface area (Å²) in [5.41, 5.74) is 2.26. The Morgan fingerprint density at radius 1 is 1.21 bits per heavy atom. The van der Waals surface area contributed by atoms with Gasteiger partial charge in [0.15, 0.2) is 0 Å². The average molecular weight is 263 g/mol. The summed E-state index contributed by atoms with van der Waals surface area (Å²) in [5, 5.41) is 9.79. The fourth-order valence-corrected chi connectivity index (χ4v) is 2.66. The van der Waals surface area contributed by atoms with E-state index in [9.17, 15) is 5.11 Å². The Hall–Kier alpha value is -1.06. The predicted molar refractivity (Wildman–Crippen MR) is 78.6 cm³/mol. The number of ether oxygens (including phenoxy) is 1. The lowest BCUT2D eigenvalue weighted by atomic mass is 10.0. The van der Waals surface area contributed by atoms with E-state index in [1.54, 1.807) is 0 Å². The second-order valence-corrected chi connectivity index (χ2v) is 5.16. The van der Waals surface area contributed by atoms with E-state index in [1.165, 1.54) is 5.69 Å². The SMILES string of the molecule is CCOC1CCN(c2ccc([C@@H](O)CC)cc2)CC1. The number of anilines is 1. The third kappa shape index (κ3) is 3.71. The van der Waals surface area contributed by atoms with Gasteiger partial charge in [0.2, 0.25) is 0 Å². The number of aliphatic hydroxyl groups is 1. The maximum Gasteiger partial charge on any atom is 0.0787 e. The summed E-state index contributed by atoms with van der Waals surface area (Å²) in [6.45, 7) is 6.98. The second kappa shape index (κ2) is 6.92. The standard InChI is InChI=1S/C16H25NO2/c1-3-16(18)13-5-7-14(8-6-13)17-11-9-15(10-12-17)19-4-2/h5-8,15-16,18H,3-4,9-12H2,1-2H3/t16-/m0/s1. The summed E-state index contributed by atoms with van der Waals surface area (Å²) >= 11 is 0. The first-order valence-corrected chi connectivity index (χ1v) is 7.39. The molecule has 0 radical (unpaired) electrons. The molecule has 3 nitrogen and oxygen atoms in total. The van der Waals surface area contributed by atoms with Crippen LogP contribution < -0.4 is 4.90 Å². The average Bonchev–Trinajstić information content (AvgIpc) is 2.48. The first-order valence-electron chi connectivity index (χ1n) is 7.39. The van der Waals surface area contributed by atoms with Gasteiger partial charge in [-0.3, -0.25) is 0 Å². The number of benzene rings is 1. The lowest BCUT2D eigenvalue weighted by Crippen LogP contribution is -2.37. The molecule has 1 aromatic carbocycles. The molecule has 1 aliphatic rings. The molecular weight excluding hydrogens is 238 g/mol. The van der Waals surface area contributed by atoms with Crippen molar-refractivity contribution in [3.8, 4) is 0 Å². The van der Waals surface area contributed by atoms with Crippen LogP contribution >= 0.6 is 0 Å². The van der Waals surface area contributed by atoms with E-state index in [4.69, 9.17) is 4.74 Å². The van der Waals surface area contributed by atoms with Crippen molar-refractivity contribution >= 4 is 5.69 Å². The summed E-state index contributed by atoms with van der Waals surface area (Å²) in [6.07, 6.45) is 3.07. The van der Waals surface area contributed by atoms with Gasteiger partial charge in [-0.05, 0) is 43.9 Å². The van der Waals surface area contributed by atoms with Crippen LogP contribution in [0.25, 0.3) is 0 Å². The highest BCUT2D eigenvalue weighted by molar-refractivity contribution is 5.48. The minimum atomic E-state index is -0.335. The monoisotopic (exact) mass is 263 g/mol. The van der Waals surface area contributed by atoms with Gasteiger partial charge in [-0.1, -0.05) is 19.1 Å². The molecule has 1 heterocycles. The number of hydrogen-bond acceptors (Lipinski definition) is 3. The Morgan fingerprint density at radius 2 is 1.84 bits per heavy atom. The van der Waals surface area contributed by atoms with E-state index in [1.807, 2.05) is 19.1 Å². The van der Waals surface area contributed by atoms with Gasteiger partial charge >= 0.3 is 0 Å². The molecule has 106 valence electrons. The van der Waals surface area contributed by atoms with Crippen LogP contribution in [0.5, 0.6) is 0 Å². The van der Waals surface area contributed by atoms with Crippen molar-refractivity contribution in [2.24, 2.45) is 0 Å². The first-order chi connectivity index (χ1) is 9.24. The normalized spacial score (nSPS) is 18.6. The van der Waals surface area contributed by atoms with Crippen molar-refractivity contribution in [3.05, 3.63) is 29.8 Å². The van der Waals surface area contributed by atoms with E-state index in [-0.39, 0.29) is 6.10 Å². The smallest absolute Gasteiger partial charge is 0.0787 e. The molecule has 1 fully saturated rings. The number of hydrogen-bond donors (Lipinski definition) is 1. The highest BCUT2D eigenvalue weighted by Gasteiger charge is 2.19. The minimum absolute atomic E-state index is 0.335. The van der Waals surface area contributed by atoms with Gasteiger partial charge in [0.1, 0.15) is 0 Å². The van der Waals surface area contributed by atoms with E-state index >= 15 is 0 Å². The zero-order chi connectivity index (χ0) is 13.7. The number of rotatable bonds is 5. The lowest BCUT2D eigenvalue weighted by Gasteiger charge is -2.33. The molecule has 19 heavy (non-hydrogen) atoms. The molecule has 0 amide bonds. The Morgan fingerprint density at radius 3 is 2.37 bits per heavy atom. The molecule has 1 atom stereocenters. The fraction of sp³-hybridized carbons (Fsp3) is 0.625. The van der Waals surface area contributed by atoms with Gasteiger partial charge in [-0.25, -0.2) is 0 Å². The number of aliphatic hydroxyl groups excluding tert-OH is 1. The van der Waals surface area contributed by atoms with Crippen LogP contribution in [0, 0.1) is 0 Å². The maximum atomic E-state index is 9.79. The van der Waals surface area contributed by atoms with E-state index in [0.29, 0.717) is 6.10 Å². The van der Waals surface area contributed by atoms with Crippen LogP contribution in [0.2, 0.25) is 0 Å². The van der Waals surface area contributed by atoms with Crippen LogP contribution in [0.15, 0.2) is 24.3 Å². The highest BCUT2D eigenvalue weighted by atomic mass is 16.5. The van der Waals surface area contributed by atoms with E-state index in [0.717, 1.165) is 44.5 Å². The zero-order valence-corrected chi connectivity index (χ0v) is 12.0. The lowest BCUT2D eigenvalue weighted by molar-refractivity contribution is 0.0459. The molecule has 1 aliphatic heterocycles. The third-order valence-corrected chi connectivity index (χ3v) is 3.87. The van der Waals surface area contributed by atoms with Gasteiger partial charge in [0.25, 0.3) is 0 Å². The van der Waals surface area contributed by atoms with Crippen LogP contribution in [-0.2, 0) is 4.74 Å². The van der Waals surface area contributed by atoms with Crippen molar-refractivity contribution < 1.29 is 9.84 Å². The van der Waals surface area contributed by atoms with Crippen molar-refractivity contribution in [1.82, 2.24) is 0 Å². The third-order valence-electron chi connectivity index (χ3n) is 3.87. The van der Waals surface area contributed by atoms with Gasteiger partial charge in [0.05, 0.1) is 12.2 Å². The summed E-state index contributed by atoms with van der Waals surface area (Å²) in [5.74, 6) is 0. The van der Waals surface area contributed by atoms with Crippen LogP contribution in [0.3, 0.4) is 0 Å². The fourth-order valence-electron chi connectivity index (χ4n) is 2.66. The first kappa shape index (κ1) is 14.4. The van der Waals surface area contributed by atoms with Crippen LogP contribution in [0.4, 0.5) is 5.69 Å². The van der Waals surface area contributed by atoms with Gasteiger partial charge in [0, 0.05) is 25.4 Å². The van der Waals surface area contributed by atoms with Crippen LogP contribution in [0.1, 0.15) is 44.8 Å². The Bertz CT molecular complexity index is 369. The van der Waals surface area contributed by atoms with E-state index in [2.05, 4.69) is 24.0 Å². The van der Waals surface area contributed by atoms with Gasteiger partial charge < -0.3 is 14.7 Å². The zero-order valence-electron chi connectivity index (χ0n) is 12.0. The molecule has 2 rings (SSSR count). The molecule has 1 N–H and O–H groups in total. The van der Waals surface area contributed by atoms with Crippen molar-refractivity contribution in [3.63, 3.8) is 0 Å². The molecule has 0 unspecified atom stereocenters. The Balaban J connectivity index is 1.92. The summed E-state index contributed by atoms with van der Waals surface area (Å²) in [6, 6.07) is 8.32. The largest absolute Gasteiger partial charge is 0.388 e. The molecule has 1 saturated heterocycles. The van der Waals surface area contributed by atoms with Gasteiger partial charge in [-0.2, -0.15) is 0 Å². The molecule has 1 aromatic rings. The van der Waals surface area contributed by atoms with Crippen molar-refractivity contribution in [2.45, 2.75) is 45.3 Å². The Kier molecular flexibility index (Phi) is 5.23. The summed E-state index contributed by atoms with van der Waals surface area (Å²) < 4.78 is 5.67. The van der Waals surface area contributed by atoms with E-state index < -0.39 is 0 Å². The number of nitrogens with zero attached hydrogens (tertiary/aromatic N) is 1. The van der Waals surface area contributed by atoms with Crippen molar-refractivity contribution in [1.29, 1.82) is 0 Å². The van der Waals surface area contributed by atoms with Crippen LogP contribution in [-0.4, -0.2) is 30.9 Å². The molecule has 0 saturated carbocycles. The molecule has 0 spiro atoms. The van der Waals surface area contributed by atoms with Gasteiger partial charge in [-0.15, -0.1) is 0 Å². The molecule has 0 aromatic heterocycles. The molecule has 0 bridgehead atoms. The molecule has 0 aliphatic carbocycles. The highest BCUT2D eigenvalue weighted by Crippen LogP contribution is 2.24. The number of piperidine rings is 1. The summed E-state index contributed by atoms with van der Waals surface area (Å²) in [4.78, 5) is 2.40.